The van der Waals surface area contributed by atoms with Crippen molar-refractivity contribution in [1.29, 1.82) is 0 Å². The third-order valence-electron chi connectivity index (χ3n) is 3.71. The molecule has 0 aromatic heterocycles. The molecule has 0 radical (unpaired) electrons. The van der Waals surface area contributed by atoms with Crippen molar-refractivity contribution in [3.05, 3.63) is 57.0 Å². The monoisotopic (exact) mass is 269 g/mol. The van der Waals surface area contributed by atoms with Gasteiger partial charge in [-0.25, -0.2) is 17.6 Å². The van der Waals surface area contributed by atoms with E-state index in [4.69, 9.17) is 5.53 Å². The van der Waals surface area contributed by atoms with Crippen LogP contribution in [0.15, 0.2) is 17.3 Å². The van der Waals surface area contributed by atoms with Crippen molar-refractivity contribution in [2.24, 2.45) is 5.11 Å². The highest BCUT2D eigenvalue weighted by Gasteiger charge is 2.42. The molecule has 0 amide bonds. The zero-order chi connectivity index (χ0) is 13.7. The van der Waals surface area contributed by atoms with Crippen LogP contribution in [-0.4, -0.2) is 6.04 Å². The Bertz CT molecular complexity index is 649. The number of hydrogen-bond acceptors (Lipinski definition) is 1. The summed E-state index contributed by atoms with van der Waals surface area (Å²) < 4.78 is 54.2. The molecule has 19 heavy (non-hydrogen) atoms. The van der Waals surface area contributed by atoms with Crippen LogP contribution in [0.25, 0.3) is 10.4 Å². The highest BCUT2D eigenvalue weighted by Crippen LogP contribution is 2.49. The summed E-state index contributed by atoms with van der Waals surface area (Å²) in [6.45, 7) is 0. The fourth-order valence-corrected chi connectivity index (χ4v) is 2.91. The predicted molar refractivity (Wildman–Crippen MR) is 58.4 cm³/mol. The zero-order valence-electron chi connectivity index (χ0n) is 9.45. The van der Waals surface area contributed by atoms with Crippen LogP contribution >= 0.6 is 0 Å². The van der Waals surface area contributed by atoms with Crippen molar-refractivity contribution in [2.75, 3.05) is 0 Å². The van der Waals surface area contributed by atoms with Crippen LogP contribution in [-0.2, 0) is 0 Å². The number of halogens is 4. The van der Waals surface area contributed by atoms with Gasteiger partial charge in [-0.3, -0.25) is 0 Å². The average Bonchev–Trinajstić information content (AvgIpc) is 2.43. The largest absolute Gasteiger partial charge is 0.203 e. The molecule has 3 nitrogen and oxygen atoms in total. The molecule has 98 valence electrons. The maximum Gasteiger partial charge on any atom is 0.197 e. The van der Waals surface area contributed by atoms with E-state index in [1.54, 1.807) is 12.2 Å². The molecule has 2 bridgehead atoms. The second-order valence-electron chi connectivity index (χ2n) is 4.61. The third kappa shape index (κ3) is 1.48. The summed E-state index contributed by atoms with van der Waals surface area (Å²) in [4.78, 5) is 2.65. The lowest BCUT2D eigenvalue weighted by Crippen LogP contribution is -2.31. The van der Waals surface area contributed by atoms with Gasteiger partial charge in [0.05, 0.1) is 0 Å². The molecule has 0 saturated carbocycles. The highest BCUT2D eigenvalue weighted by atomic mass is 19.2. The van der Waals surface area contributed by atoms with Crippen LogP contribution < -0.4 is 0 Å². The van der Waals surface area contributed by atoms with Crippen molar-refractivity contribution in [3.8, 4) is 0 Å². The molecule has 0 saturated heterocycles. The number of rotatable bonds is 1. The van der Waals surface area contributed by atoms with Gasteiger partial charge in [0.2, 0.25) is 0 Å². The average molecular weight is 269 g/mol. The molecule has 0 N–H and O–H groups in total. The smallest absolute Gasteiger partial charge is 0.197 e. The summed E-state index contributed by atoms with van der Waals surface area (Å²) in [5.74, 6) is -7.71. The van der Waals surface area contributed by atoms with Gasteiger partial charge in [0.1, 0.15) is 0 Å². The summed E-state index contributed by atoms with van der Waals surface area (Å²) in [6, 6.07) is -0.605. The van der Waals surface area contributed by atoms with E-state index in [0.29, 0.717) is 0 Å². The van der Waals surface area contributed by atoms with Crippen LogP contribution in [0.2, 0.25) is 0 Å². The Hall–Kier alpha value is -2.01. The number of hydrogen-bond donors (Lipinski definition) is 0. The standard InChI is InChI=1S/C12H7F4N3/c13-9-7-4-1-2-5(6(3-4)18-19-17)8(7)10(14)12(16)11(9)15/h1-2,4-6H,3H2/t4-,5+,6-/m1/s1. The molecule has 0 unspecified atom stereocenters. The normalized spacial score (nSPS) is 27.1. The van der Waals surface area contributed by atoms with Gasteiger partial charge in [-0.2, -0.15) is 0 Å². The van der Waals surface area contributed by atoms with E-state index in [-0.39, 0.29) is 17.5 Å². The molecule has 3 aliphatic carbocycles. The number of allylic oxidation sites excluding steroid dienone is 1. The minimum atomic E-state index is -1.82. The Morgan fingerprint density at radius 2 is 1.63 bits per heavy atom. The van der Waals surface area contributed by atoms with Crippen molar-refractivity contribution in [3.63, 3.8) is 0 Å². The first-order valence-corrected chi connectivity index (χ1v) is 5.64. The first-order valence-electron chi connectivity index (χ1n) is 5.64. The minimum absolute atomic E-state index is 0.159. The Morgan fingerprint density at radius 3 is 2.26 bits per heavy atom. The molecular formula is C12H7F4N3. The quantitative estimate of drug-likeness (QED) is 0.140. The molecule has 4 rings (SSSR count). The van der Waals surface area contributed by atoms with Crippen LogP contribution in [0.4, 0.5) is 17.6 Å². The molecule has 0 fully saturated rings. The third-order valence-corrected chi connectivity index (χ3v) is 3.71. The fourth-order valence-electron chi connectivity index (χ4n) is 2.91. The van der Waals surface area contributed by atoms with E-state index in [2.05, 4.69) is 10.0 Å². The number of fused-ring (bicyclic) bond motifs is 1. The first kappa shape index (κ1) is 12.0. The Labute approximate surface area is 105 Å². The van der Waals surface area contributed by atoms with Crippen molar-refractivity contribution in [2.45, 2.75) is 24.3 Å². The molecule has 1 aromatic rings. The van der Waals surface area contributed by atoms with Gasteiger partial charge in [-0.15, -0.1) is 0 Å². The van der Waals surface area contributed by atoms with Gasteiger partial charge in [0.15, 0.2) is 23.3 Å². The van der Waals surface area contributed by atoms with Gasteiger partial charge in [0.25, 0.3) is 0 Å². The fraction of sp³-hybridized carbons (Fsp3) is 0.333. The first-order chi connectivity index (χ1) is 9.06. The zero-order valence-corrected chi connectivity index (χ0v) is 9.45. The molecular weight excluding hydrogens is 262 g/mol. The second-order valence-corrected chi connectivity index (χ2v) is 4.61. The summed E-state index contributed by atoms with van der Waals surface area (Å²) in [6.07, 6.45) is 3.42. The molecule has 3 atom stereocenters. The summed E-state index contributed by atoms with van der Waals surface area (Å²) >= 11 is 0. The van der Waals surface area contributed by atoms with Crippen LogP contribution in [0.1, 0.15) is 29.4 Å². The Balaban J connectivity index is 2.29. The van der Waals surface area contributed by atoms with Gasteiger partial charge in [0, 0.05) is 33.9 Å². The summed E-state index contributed by atoms with van der Waals surface area (Å²) in [5.41, 5.74) is 8.06. The van der Waals surface area contributed by atoms with Crippen LogP contribution in [0.5, 0.6) is 0 Å². The van der Waals surface area contributed by atoms with Crippen LogP contribution in [0.3, 0.4) is 0 Å². The summed E-state index contributed by atoms with van der Waals surface area (Å²) in [7, 11) is 0. The molecule has 1 aromatic carbocycles. The molecule has 0 spiro atoms. The van der Waals surface area contributed by atoms with Gasteiger partial charge >= 0.3 is 0 Å². The Morgan fingerprint density at radius 1 is 1.00 bits per heavy atom. The van der Waals surface area contributed by atoms with E-state index in [1.165, 1.54) is 0 Å². The Kier molecular flexibility index (Phi) is 2.53. The lowest BCUT2D eigenvalue weighted by atomic mass is 9.68. The topological polar surface area (TPSA) is 48.8 Å². The van der Waals surface area contributed by atoms with E-state index >= 15 is 0 Å². The van der Waals surface area contributed by atoms with Crippen molar-refractivity contribution >= 4 is 0 Å². The van der Waals surface area contributed by atoms with E-state index in [0.717, 1.165) is 0 Å². The highest BCUT2D eigenvalue weighted by molar-refractivity contribution is 5.48. The summed E-state index contributed by atoms with van der Waals surface area (Å²) in [5, 5.41) is 3.51. The molecule has 3 aliphatic rings. The SMILES string of the molecule is [N-]=[N+]=N[C@@H]1C[C@H]2C=C[C@@H]1c1c(F)c(F)c(F)c(F)c12. The maximum atomic E-state index is 13.8. The maximum absolute atomic E-state index is 13.8. The number of azide groups is 1. The van der Waals surface area contributed by atoms with E-state index < -0.39 is 41.1 Å². The van der Waals surface area contributed by atoms with Crippen LogP contribution in [0, 0.1) is 23.3 Å². The van der Waals surface area contributed by atoms with E-state index in [1.807, 2.05) is 0 Å². The van der Waals surface area contributed by atoms with Crippen molar-refractivity contribution < 1.29 is 17.6 Å². The number of nitrogens with zero attached hydrogens (tertiary/aromatic N) is 3. The van der Waals surface area contributed by atoms with Gasteiger partial charge in [-0.05, 0) is 12.0 Å². The minimum Gasteiger partial charge on any atom is -0.203 e. The lowest BCUT2D eigenvalue weighted by molar-refractivity contribution is 0.366. The second kappa shape index (κ2) is 3.99. The van der Waals surface area contributed by atoms with Crippen molar-refractivity contribution in [1.82, 2.24) is 0 Å². The molecule has 7 heteroatoms. The van der Waals surface area contributed by atoms with E-state index in [9.17, 15) is 17.6 Å². The predicted octanol–water partition coefficient (Wildman–Crippen LogP) is 4.06. The number of benzene rings is 1. The van der Waals surface area contributed by atoms with Gasteiger partial charge in [-0.1, -0.05) is 17.3 Å². The lowest BCUT2D eigenvalue weighted by Gasteiger charge is -2.38. The van der Waals surface area contributed by atoms with Gasteiger partial charge < -0.3 is 0 Å². The molecule has 0 aliphatic heterocycles. The molecule has 0 heterocycles.